The number of hydrogen-bond donors (Lipinski definition) is 0. The number of aromatic nitrogens is 4. The van der Waals surface area contributed by atoms with Crippen LogP contribution in [-0.4, -0.2) is 32.3 Å². The summed E-state index contributed by atoms with van der Waals surface area (Å²) < 4.78 is 7.98. The maximum absolute atomic E-state index is 12.4. The van der Waals surface area contributed by atoms with Crippen LogP contribution in [-0.2, 0) is 18.3 Å². The molecule has 2 aromatic rings. The van der Waals surface area contributed by atoms with Crippen LogP contribution in [0.1, 0.15) is 19.3 Å². The molecule has 1 aliphatic heterocycles. The van der Waals surface area contributed by atoms with E-state index >= 15 is 0 Å². The van der Waals surface area contributed by atoms with Crippen LogP contribution in [0.4, 0.5) is 0 Å². The molecule has 0 bridgehead atoms. The first-order valence-corrected chi connectivity index (χ1v) is 7.17. The third-order valence-electron chi connectivity index (χ3n) is 4.06. The summed E-state index contributed by atoms with van der Waals surface area (Å²) in [6.07, 6.45) is 5.74. The Morgan fingerprint density at radius 3 is 2.71 bits per heavy atom. The van der Waals surface area contributed by atoms with Gasteiger partial charge in [0.15, 0.2) is 11.2 Å². The highest BCUT2D eigenvalue weighted by molar-refractivity contribution is 5.67. The fraction of sp³-hybridized carbons (Fsp3) is 0.571. The number of fused-ring (bicyclic) bond motifs is 1. The van der Waals surface area contributed by atoms with Crippen molar-refractivity contribution in [1.29, 1.82) is 0 Å². The molecule has 7 heteroatoms. The predicted octanol–water partition coefficient (Wildman–Crippen LogP) is 0.307. The summed E-state index contributed by atoms with van der Waals surface area (Å²) in [4.78, 5) is 32.8. The van der Waals surface area contributed by atoms with Crippen LogP contribution in [0.25, 0.3) is 11.2 Å². The summed E-state index contributed by atoms with van der Waals surface area (Å²) in [5.41, 5.74) is -0.116. The molecule has 21 heavy (non-hydrogen) atoms. The van der Waals surface area contributed by atoms with E-state index in [0.717, 1.165) is 32.5 Å². The van der Waals surface area contributed by atoms with Crippen molar-refractivity contribution in [2.75, 3.05) is 13.2 Å². The molecule has 0 aromatic carbocycles. The van der Waals surface area contributed by atoms with Crippen molar-refractivity contribution in [2.45, 2.75) is 25.8 Å². The molecule has 3 heterocycles. The molecular weight excluding hydrogens is 272 g/mol. The van der Waals surface area contributed by atoms with Gasteiger partial charge in [0, 0.05) is 39.2 Å². The lowest BCUT2D eigenvalue weighted by atomic mass is 9.97. The highest BCUT2D eigenvalue weighted by Gasteiger charge is 2.17. The van der Waals surface area contributed by atoms with Gasteiger partial charge in [0.1, 0.15) is 0 Å². The number of ether oxygens (including phenoxy) is 1. The van der Waals surface area contributed by atoms with Gasteiger partial charge in [-0.1, -0.05) is 0 Å². The molecule has 1 saturated heterocycles. The first-order valence-electron chi connectivity index (χ1n) is 7.17. The number of aryl methyl sites for hydroxylation is 1. The van der Waals surface area contributed by atoms with Crippen molar-refractivity contribution in [3.05, 3.63) is 33.2 Å². The molecule has 0 saturated carbocycles. The molecule has 0 aliphatic carbocycles. The minimum Gasteiger partial charge on any atom is -0.381 e. The molecule has 0 atom stereocenters. The molecule has 0 N–H and O–H groups in total. The topological polar surface area (TPSA) is 79.0 Å². The van der Waals surface area contributed by atoms with E-state index in [4.69, 9.17) is 4.74 Å². The Kier molecular flexibility index (Phi) is 3.83. The van der Waals surface area contributed by atoms with Gasteiger partial charge in [-0.2, -0.15) is 0 Å². The molecule has 7 nitrogen and oxygen atoms in total. The van der Waals surface area contributed by atoms with E-state index in [1.807, 2.05) is 0 Å². The Balaban J connectivity index is 1.94. The first-order chi connectivity index (χ1) is 10.2. The number of rotatable bonds is 3. The van der Waals surface area contributed by atoms with Crippen molar-refractivity contribution in [1.82, 2.24) is 19.1 Å². The van der Waals surface area contributed by atoms with Crippen LogP contribution in [0, 0.1) is 5.92 Å². The molecule has 0 radical (unpaired) electrons. The van der Waals surface area contributed by atoms with Gasteiger partial charge in [0.05, 0.1) is 0 Å². The Morgan fingerprint density at radius 1 is 1.24 bits per heavy atom. The molecular formula is C14H18N4O3. The monoisotopic (exact) mass is 290 g/mol. The summed E-state index contributed by atoms with van der Waals surface area (Å²) in [5.74, 6) is 0.507. The van der Waals surface area contributed by atoms with E-state index in [1.165, 1.54) is 21.5 Å². The Labute approximate surface area is 121 Å². The van der Waals surface area contributed by atoms with Crippen LogP contribution in [0.3, 0.4) is 0 Å². The lowest BCUT2D eigenvalue weighted by Crippen LogP contribution is -2.40. The fourth-order valence-corrected chi connectivity index (χ4v) is 2.76. The van der Waals surface area contributed by atoms with E-state index in [2.05, 4.69) is 9.97 Å². The summed E-state index contributed by atoms with van der Waals surface area (Å²) >= 11 is 0. The van der Waals surface area contributed by atoms with Crippen molar-refractivity contribution in [3.8, 4) is 0 Å². The molecule has 112 valence electrons. The second-order valence-corrected chi connectivity index (χ2v) is 5.37. The Hall–Kier alpha value is -2.02. The first kappa shape index (κ1) is 13.9. The summed E-state index contributed by atoms with van der Waals surface area (Å²) in [5, 5.41) is 0. The van der Waals surface area contributed by atoms with E-state index in [0.29, 0.717) is 18.1 Å². The van der Waals surface area contributed by atoms with Gasteiger partial charge in [-0.15, -0.1) is 0 Å². The van der Waals surface area contributed by atoms with Crippen molar-refractivity contribution < 1.29 is 4.74 Å². The Bertz CT molecular complexity index is 759. The van der Waals surface area contributed by atoms with Crippen molar-refractivity contribution in [3.63, 3.8) is 0 Å². The van der Waals surface area contributed by atoms with Gasteiger partial charge >= 0.3 is 5.69 Å². The number of hydrogen-bond acceptors (Lipinski definition) is 5. The van der Waals surface area contributed by atoms with Gasteiger partial charge < -0.3 is 4.74 Å². The zero-order chi connectivity index (χ0) is 14.8. The average molecular weight is 290 g/mol. The molecule has 3 rings (SSSR count). The smallest absolute Gasteiger partial charge is 0.332 e. The normalized spacial score (nSPS) is 16.4. The van der Waals surface area contributed by atoms with Crippen molar-refractivity contribution in [2.24, 2.45) is 13.0 Å². The maximum atomic E-state index is 12.4. The van der Waals surface area contributed by atoms with Gasteiger partial charge in [0.25, 0.3) is 5.56 Å². The molecule has 1 aliphatic rings. The molecule has 2 aromatic heterocycles. The Morgan fingerprint density at radius 2 is 1.95 bits per heavy atom. The zero-order valence-electron chi connectivity index (χ0n) is 12.0. The SMILES string of the molecule is Cn1c(=O)n(CCC2CCOCC2)c(=O)c2nccnc21. The van der Waals surface area contributed by atoms with Crippen LogP contribution in [0.15, 0.2) is 22.0 Å². The third kappa shape index (κ3) is 2.61. The molecule has 0 amide bonds. The fourth-order valence-electron chi connectivity index (χ4n) is 2.76. The highest BCUT2D eigenvalue weighted by atomic mass is 16.5. The minimum atomic E-state index is -0.353. The number of nitrogens with zero attached hydrogens (tertiary/aromatic N) is 4. The minimum absolute atomic E-state index is 0.242. The third-order valence-corrected chi connectivity index (χ3v) is 4.06. The summed E-state index contributed by atoms with van der Waals surface area (Å²) in [6.45, 7) is 1.95. The summed E-state index contributed by atoms with van der Waals surface area (Å²) in [6, 6.07) is 0. The second kappa shape index (κ2) is 5.77. The lowest BCUT2D eigenvalue weighted by molar-refractivity contribution is 0.0624. The highest BCUT2D eigenvalue weighted by Crippen LogP contribution is 2.18. The standard InChI is InChI=1S/C14H18N4O3/c1-17-12-11(15-5-6-16-12)13(19)18(14(17)20)7-2-10-3-8-21-9-4-10/h5-6,10H,2-4,7-9H2,1H3. The van der Waals surface area contributed by atoms with E-state index in [9.17, 15) is 9.59 Å². The van der Waals surface area contributed by atoms with Gasteiger partial charge in [-0.05, 0) is 25.2 Å². The quantitative estimate of drug-likeness (QED) is 0.812. The van der Waals surface area contributed by atoms with Crippen LogP contribution >= 0.6 is 0 Å². The predicted molar refractivity (Wildman–Crippen MR) is 77.2 cm³/mol. The second-order valence-electron chi connectivity index (χ2n) is 5.37. The van der Waals surface area contributed by atoms with E-state index < -0.39 is 0 Å². The van der Waals surface area contributed by atoms with Crippen LogP contribution in [0.5, 0.6) is 0 Å². The van der Waals surface area contributed by atoms with Crippen LogP contribution < -0.4 is 11.2 Å². The largest absolute Gasteiger partial charge is 0.381 e. The van der Waals surface area contributed by atoms with Gasteiger partial charge in [-0.25, -0.2) is 14.8 Å². The molecule has 1 fully saturated rings. The van der Waals surface area contributed by atoms with Crippen molar-refractivity contribution >= 4 is 11.2 Å². The summed E-state index contributed by atoms with van der Waals surface area (Å²) in [7, 11) is 1.61. The van der Waals surface area contributed by atoms with E-state index in [1.54, 1.807) is 7.05 Å². The molecule has 0 unspecified atom stereocenters. The van der Waals surface area contributed by atoms with Gasteiger partial charge in [-0.3, -0.25) is 13.9 Å². The zero-order valence-corrected chi connectivity index (χ0v) is 12.0. The lowest BCUT2D eigenvalue weighted by Gasteiger charge is -2.22. The molecule has 0 spiro atoms. The average Bonchev–Trinajstić information content (AvgIpc) is 2.54. The van der Waals surface area contributed by atoms with Gasteiger partial charge in [0.2, 0.25) is 0 Å². The van der Waals surface area contributed by atoms with Crippen LogP contribution in [0.2, 0.25) is 0 Å². The van der Waals surface area contributed by atoms with E-state index in [-0.39, 0.29) is 16.8 Å². The maximum Gasteiger partial charge on any atom is 0.332 e.